The number of esters is 3. The molecule has 6 nitrogen and oxygen atoms in total. The lowest BCUT2D eigenvalue weighted by Gasteiger charge is -2.18. The van der Waals surface area contributed by atoms with Gasteiger partial charge in [-0.05, 0) is 148 Å². The summed E-state index contributed by atoms with van der Waals surface area (Å²) in [6.45, 7) is 6.35. The van der Waals surface area contributed by atoms with Crippen LogP contribution in [0.5, 0.6) is 0 Å². The molecule has 456 valence electrons. The largest absolute Gasteiger partial charge is 0.462 e. The fourth-order valence-electron chi connectivity index (χ4n) is 8.62. The smallest absolute Gasteiger partial charge is 0.306 e. The highest BCUT2D eigenvalue weighted by molar-refractivity contribution is 5.71. The molecule has 0 aliphatic rings. The van der Waals surface area contributed by atoms with Gasteiger partial charge in [-0.3, -0.25) is 14.4 Å². The zero-order chi connectivity index (χ0) is 58.5. The number of unbranched alkanes of at least 4 members (excludes halogenated alkanes) is 21. The maximum atomic E-state index is 12.9. The number of carbonyl (C=O) groups excluding carboxylic acids is 3. The average Bonchev–Trinajstić information content (AvgIpc) is 3.47. The van der Waals surface area contributed by atoms with E-state index in [1.807, 2.05) is 0 Å². The molecule has 1 unspecified atom stereocenters. The number of carbonyl (C=O) groups is 3. The Labute approximate surface area is 499 Å². The summed E-state index contributed by atoms with van der Waals surface area (Å²) in [5, 5.41) is 0. The summed E-state index contributed by atoms with van der Waals surface area (Å²) in [7, 11) is 0. The number of hydrogen-bond donors (Lipinski definition) is 0. The van der Waals surface area contributed by atoms with Crippen LogP contribution in [0.1, 0.15) is 278 Å². The van der Waals surface area contributed by atoms with Gasteiger partial charge < -0.3 is 14.2 Å². The van der Waals surface area contributed by atoms with Gasteiger partial charge in [-0.1, -0.05) is 269 Å². The molecule has 0 fully saturated rings. The van der Waals surface area contributed by atoms with Gasteiger partial charge in [-0.2, -0.15) is 0 Å². The molecule has 0 saturated heterocycles. The van der Waals surface area contributed by atoms with Crippen molar-refractivity contribution in [2.24, 2.45) is 0 Å². The van der Waals surface area contributed by atoms with E-state index in [0.29, 0.717) is 19.3 Å². The van der Waals surface area contributed by atoms with Crippen LogP contribution < -0.4 is 0 Å². The van der Waals surface area contributed by atoms with E-state index in [0.717, 1.165) is 135 Å². The minimum Gasteiger partial charge on any atom is -0.462 e. The van der Waals surface area contributed by atoms with Crippen LogP contribution in [0, 0.1) is 0 Å². The Hall–Kier alpha value is -4.97. The first-order chi connectivity index (χ1) is 40.0. The third-order valence-corrected chi connectivity index (χ3v) is 13.5. The molecule has 0 spiro atoms. The van der Waals surface area contributed by atoms with Gasteiger partial charge in [0.25, 0.3) is 0 Å². The Balaban J connectivity index is 4.52. The van der Waals surface area contributed by atoms with Gasteiger partial charge >= 0.3 is 17.9 Å². The normalized spacial score (nSPS) is 13.2. The second kappa shape index (κ2) is 67.5. The van der Waals surface area contributed by atoms with Crippen LogP contribution in [-0.2, 0) is 28.6 Å². The van der Waals surface area contributed by atoms with Crippen molar-refractivity contribution >= 4 is 17.9 Å². The fourth-order valence-corrected chi connectivity index (χ4v) is 8.62. The minimum absolute atomic E-state index is 0.108. The highest BCUT2D eigenvalue weighted by atomic mass is 16.6. The van der Waals surface area contributed by atoms with Crippen LogP contribution in [0.2, 0.25) is 0 Å². The van der Waals surface area contributed by atoms with Crippen molar-refractivity contribution in [3.8, 4) is 0 Å². The first kappa shape index (κ1) is 76.0. The van der Waals surface area contributed by atoms with Gasteiger partial charge in [-0.25, -0.2) is 0 Å². The van der Waals surface area contributed by atoms with Crippen molar-refractivity contribution in [2.45, 2.75) is 284 Å². The minimum atomic E-state index is -0.818. The van der Waals surface area contributed by atoms with Crippen molar-refractivity contribution in [1.29, 1.82) is 0 Å². The van der Waals surface area contributed by atoms with E-state index in [1.165, 1.54) is 96.3 Å². The molecule has 6 heteroatoms. The number of ether oxygens (including phenoxy) is 3. The quantitative estimate of drug-likeness (QED) is 0.0261. The summed E-state index contributed by atoms with van der Waals surface area (Å²) in [6, 6.07) is 0. The molecule has 0 heterocycles. The second-order valence-electron chi connectivity index (χ2n) is 21.3. The lowest BCUT2D eigenvalue weighted by Crippen LogP contribution is -2.30. The predicted octanol–water partition coefficient (Wildman–Crippen LogP) is 22.9. The van der Waals surface area contributed by atoms with E-state index < -0.39 is 6.10 Å². The molecule has 0 aromatic carbocycles. The van der Waals surface area contributed by atoms with E-state index in [1.54, 1.807) is 0 Å². The lowest BCUT2D eigenvalue weighted by molar-refractivity contribution is -0.167. The van der Waals surface area contributed by atoms with Crippen molar-refractivity contribution < 1.29 is 28.6 Å². The van der Waals surface area contributed by atoms with E-state index in [4.69, 9.17) is 14.2 Å². The van der Waals surface area contributed by atoms with Gasteiger partial charge in [0.1, 0.15) is 13.2 Å². The summed E-state index contributed by atoms with van der Waals surface area (Å²) in [5.74, 6) is -0.967. The third kappa shape index (κ3) is 65.7. The molecule has 0 N–H and O–H groups in total. The zero-order valence-corrected chi connectivity index (χ0v) is 52.2. The highest BCUT2D eigenvalue weighted by Gasteiger charge is 2.19. The molecule has 0 rings (SSSR count). The second-order valence-corrected chi connectivity index (χ2v) is 21.3. The van der Waals surface area contributed by atoms with Crippen molar-refractivity contribution in [3.05, 3.63) is 158 Å². The Kier molecular flexibility index (Phi) is 63.4. The molecule has 0 amide bonds. The predicted molar refractivity (Wildman–Crippen MR) is 352 cm³/mol. The molecule has 0 aliphatic heterocycles. The molecule has 0 aromatic rings. The Morgan fingerprint density at radius 2 is 0.481 bits per heavy atom. The number of rotatable bonds is 58. The summed E-state index contributed by atoms with van der Waals surface area (Å²) in [4.78, 5) is 38.4. The van der Waals surface area contributed by atoms with Crippen molar-refractivity contribution in [2.75, 3.05) is 13.2 Å². The molecule has 0 radical (unpaired) electrons. The number of hydrogen-bond acceptors (Lipinski definition) is 6. The highest BCUT2D eigenvalue weighted by Crippen LogP contribution is 2.15. The molecule has 0 aliphatic carbocycles. The Morgan fingerprint density at radius 3 is 0.778 bits per heavy atom. The van der Waals surface area contributed by atoms with Gasteiger partial charge in [0.2, 0.25) is 0 Å². The van der Waals surface area contributed by atoms with Crippen LogP contribution >= 0.6 is 0 Å². The maximum absolute atomic E-state index is 12.9. The van der Waals surface area contributed by atoms with Gasteiger partial charge in [0.05, 0.1) is 0 Å². The molecular weight excluding hydrogens is 997 g/mol. The SMILES string of the molecule is CC/C=C\C/C=C\C/C=C\C/C=C\C/C=C\C/C=C\CCCCC(=O)OC(COC(=O)CCCCCCCCC/C=C\C/C=C\C/C=C\C/C=C\C/C=C\CC)COC(=O)CCCCCCCCCCC/C=C\C/C=C\CCCCC. The molecule has 0 saturated carbocycles. The standard InChI is InChI=1S/C75H120O6/c1-4-7-10-13-16-19-22-25-28-31-34-36-37-39-41-44-47-50-53-56-59-62-65-68-74(77)80-71-72(70-79-73(76)67-64-61-58-55-52-49-46-43-40-33-30-27-24-21-18-15-12-9-6-3)81-75(78)69-66-63-60-57-54-51-48-45-42-38-35-32-29-26-23-20-17-14-11-8-5-2/h7-8,10-11,16-21,25-30,34-36,38-39,41,45,48,54,57,72H,4-6,9,12-15,22-24,31-33,37,40,42-44,46-47,49-53,55-56,58-71H2,1-3H3/b10-7-,11-8-,19-16-,20-17-,21-18-,28-25-,29-26-,30-27-,36-34-,38-35-,41-39-,48-45-,57-54-. The Morgan fingerprint density at radius 1 is 0.259 bits per heavy atom. The maximum Gasteiger partial charge on any atom is 0.306 e. The van der Waals surface area contributed by atoms with E-state index in [-0.39, 0.29) is 37.5 Å². The summed E-state index contributed by atoms with van der Waals surface area (Å²) in [5.41, 5.74) is 0. The molecule has 0 bridgehead atoms. The van der Waals surface area contributed by atoms with E-state index >= 15 is 0 Å². The van der Waals surface area contributed by atoms with Crippen LogP contribution in [0.3, 0.4) is 0 Å². The van der Waals surface area contributed by atoms with Crippen LogP contribution in [0.25, 0.3) is 0 Å². The third-order valence-electron chi connectivity index (χ3n) is 13.5. The molecular formula is C75H120O6. The average molecular weight is 1120 g/mol. The molecule has 81 heavy (non-hydrogen) atoms. The topological polar surface area (TPSA) is 78.9 Å². The monoisotopic (exact) mass is 1120 g/mol. The molecule has 1 atom stereocenters. The van der Waals surface area contributed by atoms with Gasteiger partial charge in [0.15, 0.2) is 6.10 Å². The number of allylic oxidation sites excluding steroid dienone is 26. The van der Waals surface area contributed by atoms with E-state index in [2.05, 4.69) is 179 Å². The van der Waals surface area contributed by atoms with Crippen molar-refractivity contribution in [1.82, 2.24) is 0 Å². The van der Waals surface area contributed by atoms with Crippen molar-refractivity contribution in [3.63, 3.8) is 0 Å². The van der Waals surface area contributed by atoms with Crippen LogP contribution in [-0.4, -0.2) is 37.2 Å². The van der Waals surface area contributed by atoms with E-state index in [9.17, 15) is 14.4 Å². The zero-order valence-electron chi connectivity index (χ0n) is 52.2. The first-order valence-electron chi connectivity index (χ1n) is 33.0. The van der Waals surface area contributed by atoms with Crippen LogP contribution in [0.15, 0.2) is 158 Å². The van der Waals surface area contributed by atoms with Gasteiger partial charge in [0, 0.05) is 19.3 Å². The Bertz CT molecular complexity index is 1810. The fraction of sp³-hybridized carbons (Fsp3) is 0.613. The first-order valence-corrected chi connectivity index (χ1v) is 33.0. The summed E-state index contributed by atoms with van der Waals surface area (Å²) < 4.78 is 16.9. The summed E-state index contributed by atoms with van der Waals surface area (Å²) in [6.07, 6.45) is 98.1. The lowest BCUT2D eigenvalue weighted by atomic mass is 10.1. The summed E-state index contributed by atoms with van der Waals surface area (Å²) >= 11 is 0. The molecule has 0 aromatic heterocycles. The van der Waals surface area contributed by atoms with Crippen LogP contribution in [0.4, 0.5) is 0 Å². The van der Waals surface area contributed by atoms with Gasteiger partial charge in [-0.15, -0.1) is 0 Å².